The Labute approximate surface area is 139 Å². The van der Waals surface area contributed by atoms with E-state index < -0.39 is 0 Å². The van der Waals surface area contributed by atoms with Crippen LogP contribution in [0, 0.1) is 6.92 Å². The highest BCUT2D eigenvalue weighted by Crippen LogP contribution is 2.27. The zero-order valence-electron chi connectivity index (χ0n) is 13.5. The highest BCUT2D eigenvalue weighted by atomic mass is 16.5. The van der Waals surface area contributed by atoms with Crippen LogP contribution in [0.4, 0.5) is 0 Å². The summed E-state index contributed by atoms with van der Waals surface area (Å²) in [6.45, 7) is 1.97. The largest absolute Gasteiger partial charge is 0.497 e. The molecule has 0 atom stereocenters. The van der Waals surface area contributed by atoms with Gasteiger partial charge in [0.05, 0.1) is 7.11 Å². The van der Waals surface area contributed by atoms with Crippen molar-refractivity contribution in [2.75, 3.05) is 7.11 Å². The molecule has 5 heteroatoms. The smallest absolute Gasteiger partial charge is 0.165 e. The fraction of sp³-hybridized carbons (Fsp3) is 0.105. The summed E-state index contributed by atoms with van der Waals surface area (Å²) >= 11 is 0. The van der Waals surface area contributed by atoms with Gasteiger partial charge in [-0.2, -0.15) is 0 Å². The van der Waals surface area contributed by atoms with E-state index in [1.165, 1.54) is 0 Å². The van der Waals surface area contributed by atoms with E-state index in [1.54, 1.807) is 13.3 Å². The highest BCUT2D eigenvalue weighted by molar-refractivity contribution is 5.79. The van der Waals surface area contributed by atoms with Crippen molar-refractivity contribution in [1.82, 2.24) is 19.5 Å². The lowest BCUT2D eigenvalue weighted by molar-refractivity contribution is 0.415. The predicted octanol–water partition coefficient (Wildman–Crippen LogP) is 3.80. The molecule has 4 rings (SSSR count). The normalized spacial score (nSPS) is 10.9. The molecule has 0 bridgehead atoms. The van der Waals surface area contributed by atoms with E-state index in [4.69, 9.17) is 9.72 Å². The Morgan fingerprint density at radius 3 is 2.50 bits per heavy atom. The van der Waals surface area contributed by atoms with Crippen LogP contribution >= 0.6 is 0 Å². The molecule has 0 unspecified atom stereocenters. The first-order valence-electron chi connectivity index (χ1n) is 7.68. The maximum absolute atomic E-state index is 5.25. The van der Waals surface area contributed by atoms with Gasteiger partial charge in [-0.3, -0.25) is 4.57 Å². The molecule has 0 amide bonds. The summed E-state index contributed by atoms with van der Waals surface area (Å²) in [6.07, 6.45) is 1.78. The average molecular weight is 316 g/mol. The number of pyridine rings is 2. The summed E-state index contributed by atoms with van der Waals surface area (Å²) in [6, 6.07) is 17.6. The predicted molar refractivity (Wildman–Crippen MR) is 93.4 cm³/mol. The second-order valence-corrected chi connectivity index (χ2v) is 5.48. The second kappa shape index (κ2) is 5.77. The minimum atomic E-state index is 0.776. The van der Waals surface area contributed by atoms with Gasteiger partial charge in [0.1, 0.15) is 17.0 Å². The van der Waals surface area contributed by atoms with Crippen LogP contribution in [0.2, 0.25) is 0 Å². The second-order valence-electron chi connectivity index (χ2n) is 5.48. The molecule has 0 N–H and O–H groups in total. The molecule has 0 saturated heterocycles. The van der Waals surface area contributed by atoms with Gasteiger partial charge in [0.15, 0.2) is 11.5 Å². The van der Waals surface area contributed by atoms with Crippen molar-refractivity contribution in [3.8, 4) is 23.0 Å². The number of nitrogens with zero attached hydrogens (tertiary/aromatic N) is 4. The molecule has 3 aromatic heterocycles. The molecule has 4 aromatic rings. The van der Waals surface area contributed by atoms with E-state index in [-0.39, 0.29) is 0 Å². The van der Waals surface area contributed by atoms with Crippen LogP contribution in [0.15, 0.2) is 60.8 Å². The van der Waals surface area contributed by atoms with Crippen molar-refractivity contribution >= 4 is 11.2 Å². The van der Waals surface area contributed by atoms with Crippen LogP contribution in [0.3, 0.4) is 0 Å². The quantitative estimate of drug-likeness (QED) is 0.577. The van der Waals surface area contributed by atoms with Gasteiger partial charge < -0.3 is 4.74 Å². The van der Waals surface area contributed by atoms with E-state index in [0.29, 0.717) is 0 Å². The lowest BCUT2D eigenvalue weighted by Crippen LogP contribution is -2.00. The minimum absolute atomic E-state index is 0.776. The minimum Gasteiger partial charge on any atom is -0.497 e. The van der Waals surface area contributed by atoms with E-state index in [2.05, 4.69) is 9.97 Å². The Bertz CT molecular complexity index is 1010. The molecule has 118 valence electrons. The summed E-state index contributed by atoms with van der Waals surface area (Å²) < 4.78 is 7.28. The summed E-state index contributed by atoms with van der Waals surface area (Å²) in [5.74, 6) is 1.59. The standard InChI is InChI=1S/C19H16N4O/c1-13-5-3-6-17(21-13)19-22-16-7-4-12-20-18(16)23(19)14-8-10-15(24-2)11-9-14/h3-12H,1-2H3. The van der Waals surface area contributed by atoms with Crippen LogP contribution in [0.1, 0.15) is 5.69 Å². The summed E-state index contributed by atoms with van der Waals surface area (Å²) in [7, 11) is 1.66. The molecule has 0 fully saturated rings. The number of aryl methyl sites for hydroxylation is 1. The Hall–Kier alpha value is -3.21. The summed E-state index contributed by atoms with van der Waals surface area (Å²) in [4.78, 5) is 13.9. The number of methoxy groups -OCH3 is 1. The van der Waals surface area contributed by atoms with Crippen LogP contribution < -0.4 is 4.74 Å². The molecule has 0 saturated carbocycles. The SMILES string of the molecule is COc1ccc(-n2c(-c3cccc(C)n3)nc3cccnc32)cc1. The molecule has 0 aliphatic carbocycles. The number of aromatic nitrogens is 4. The molecule has 0 aliphatic rings. The number of ether oxygens (including phenoxy) is 1. The van der Waals surface area contributed by atoms with Gasteiger partial charge in [-0.25, -0.2) is 15.0 Å². The van der Waals surface area contributed by atoms with Crippen molar-refractivity contribution in [2.45, 2.75) is 6.92 Å². The van der Waals surface area contributed by atoms with Crippen LogP contribution in [-0.2, 0) is 0 Å². The van der Waals surface area contributed by atoms with Gasteiger partial charge in [0.2, 0.25) is 0 Å². The lowest BCUT2D eigenvalue weighted by Gasteiger charge is -2.09. The average Bonchev–Trinajstić information content (AvgIpc) is 3.01. The number of imidazole rings is 1. The Balaban J connectivity index is 1.99. The fourth-order valence-corrected chi connectivity index (χ4v) is 2.73. The highest BCUT2D eigenvalue weighted by Gasteiger charge is 2.16. The van der Waals surface area contributed by atoms with Gasteiger partial charge in [-0.05, 0) is 55.5 Å². The number of hydrogen-bond donors (Lipinski definition) is 0. The zero-order chi connectivity index (χ0) is 16.5. The van der Waals surface area contributed by atoms with Crippen molar-refractivity contribution in [2.24, 2.45) is 0 Å². The van der Waals surface area contributed by atoms with Gasteiger partial charge in [-0.15, -0.1) is 0 Å². The van der Waals surface area contributed by atoms with Crippen molar-refractivity contribution in [3.05, 3.63) is 66.5 Å². The van der Waals surface area contributed by atoms with Crippen LogP contribution in [0.5, 0.6) is 5.75 Å². The van der Waals surface area contributed by atoms with Crippen LogP contribution in [-0.4, -0.2) is 26.6 Å². The first kappa shape index (κ1) is 14.4. The maximum Gasteiger partial charge on any atom is 0.165 e. The number of rotatable bonds is 3. The molecule has 0 aliphatic heterocycles. The molecule has 1 aromatic carbocycles. The van der Waals surface area contributed by atoms with Gasteiger partial charge in [0, 0.05) is 17.6 Å². The number of fused-ring (bicyclic) bond motifs is 1. The monoisotopic (exact) mass is 316 g/mol. The van der Waals surface area contributed by atoms with E-state index >= 15 is 0 Å². The molecular weight excluding hydrogens is 300 g/mol. The summed E-state index contributed by atoms with van der Waals surface area (Å²) in [5.41, 5.74) is 4.39. The van der Waals surface area contributed by atoms with Gasteiger partial charge in [-0.1, -0.05) is 6.07 Å². The fourth-order valence-electron chi connectivity index (χ4n) is 2.73. The van der Waals surface area contributed by atoms with Crippen molar-refractivity contribution in [3.63, 3.8) is 0 Å². The lowest BCUT2D eigenvalue weighted by atomic mass is 10.2. The molecule has 5 nitrogen and oxygen atoms in total. The maximum atomic E-state index is 5.25. The van der Waals surface area contributed by atoms with E-state index in [0.717, 1.165) is 39.8 Å². The Kier molecular flexibility index (Phi) is 3.46. The number of hydrogen-bond acceptors (Lipinski definition) is 4. The van der Waals surface area contributed by atoms with E-state index in [9.17, 15) is 0 Å². The zero-order valence-corrected chi connectivity index (χ0v) is 13.5. The molecule has 24 heavy (non-hydrogen) atoms. The summed E-state index contributed by atoms with van der Waals surface area (Å²) in [5, 5.41) is 0. The van der Waals surface area contributed by atoms with Gasteiger partial charge in [0.25, 0.3) is 0 Å². The molecule has 0 spiro atoms. The van der Waals surface area contributed by atoms with Crippen molar-refractivity contribution in [1.29, 1.82) is 0 Å². The molecule has 3 heterocycles. The van der Waals surface area contributed by atoms with E-state index in [1.807, 2.05) is 66.1 Å². The van der Waals surface area contributed by atoms with Crippen LogP contribution in [0.25, 0.3) is 28.4 Å². The molecule has 0 radical (unpaired) electrons. The van der Waals surface area contributed by atoms with Gasteiger partial charge >= 0.3 is 0 Å². The third-order valence-electron chi connectivity index (χ3n) is 3.86. The first-order valence-corrected chi connectivity index (χ1v) is 7.68. The Morgan fingerprint density at radius 1 is 0.917 bits per heavy atom. The molecular formula is C19H16N4O. The third kappa shape index (κ3) is 2.40. The number of benzene rings is 1. The Morgan fingerprint density at radius 2 is 1.75 bits per heavy atom. The van der Waals surface area contributed by atoms with Crippen molar-refractivity contribution < 1.29 is 4.74 Å². The first-order chi connectivity index (χ1) is 11.8. The third-order valence-corrected chi connectivity index (χ3v) is 3.86. The topological polar surface area (TPSA) is 52.8 Å².